The summed E-state index contributed by atoms with van der Waals surface area (Å²) in [6.07, 6.45) is 5.86. The summed E-state index contributed by atoms with van der Waals surface area (Å²) in [6, 6.07) is 0.748. The van der Waals surface area contributed by atoms with Gasteiger partial charge in [-0.05, 0) is 25.8 Å². The summed E-state index contributed by atoms with van der Waals surface area (Å²) in [4.78, 5) is 4.31. The van der Waals surface area contributed by atoms with Crippen LogP contribution in [-0.4, -0.2) is 22.8 Å². The number of hydrogen-bond acceptors (Lipinski definition) is 4. The van der Waals surface area contributed by atoms with E-state index in [-0.39, 0.29) is 0 Å². The maximum atomic E-state index is 4.31. The average molecular weight is 228 g/mol. The molecule has 4 heteroatoms. The Morgan fingerprint density at radius 3 is 3.29 bits per heavy atom. The molecule has 0 spiro atoms. The highest BCUT2D eigenvalue weighted by molar-refractivity contribution is 8.01. The molecule has 1 fully saturated rings. The fourth-order valence-electron chi connectivity index (χ4n) is 1.93. The molecular weight excluding hydrogens is 212 g/mol. The van der Waals surface area contributed by atoms with Gasteiger partial charge in [-0.1, -0.05) is 18.7 Å². The van der Waals surface area contributed by atoms with Gasteiger partial charge in [-0.25, -0.2) is 4.98 Å². The molecule has 1 heterocycles. The van der Waals surface area contributed by atoms with Crippen LogP contribution in [0.1, 0.15) is 26.2 Å². The molecule has 0 saturated heterocycles. The Balaban J connectivity index is 1.79. The second-order valence-electron chi connectivity index (χ2n) is 3.61. The van der Waals surface area contributed by atoms with Crippen LogP contribution in [-0.2, 0) is 0 Å². The van der Waals surface area contributed by atoms with Crippen LogP contribution < -0.4 is 5.32 Å². The molecule has 0 aromatic carbocycles. The van der Waals surface area contributed by atoms with E-state index < -0.39 is 0 Å². The van der Waals surface area contributed by atoms with Crippen LogP contribution in [0.2, 0.25) is 0 Å². The molecule has 78 valence electrons. The minimum atomic E-state index is 0.748. The highest BCUT2D eigenvalue weighted by atomic mass is 32.2. The Bertz CT molecular complexity index is 261. The van der Waals surface area contributed by atoms with Gasteiger partial charge in [0.25, 0.3) is 0 Å². The minimum absolute atomic E-state index is 0.748. The van der Waals surface area contributed by atoms with Gasteiger partial charge in [-0.2, -0.15) is 0 Å². The maximum absolute atomic E-state index is 4.31. The molecule has 0 radical (unpaired) electrons. The molecule has 2 unspecified atom stereocenters. The van der Waals surface area contributed by atoms with Gasteiger partial charge in [0, 0.05) is 22.9 Å². The van der Waals surface area contributed by atoms with Gasteiger partial charge in [0.2, 0.25) is 0 Å². The number of nitrogens with one attached hydrogen (secondary N) is 1. The molecule has 2 rings (SSSR count). The van der Waals surface area contributed by atoms with Crippen molar-refractivity contribution in [1.82, 2.24) is 10.3 Å². The number of nitrogens with zero attached hydrogens (tertiary/aromatic N) is 1. The third-order valence-electron chi connectivity index (χ3n) is 2.55. The standard InChI is InChI=1S/C10H16N2S2/c1-2-11-8-3-4-9(7-8)14-10-12-5-6-13-10/h5-6,8-9,11H,2-4,7H2,1H3. The van der Waals surface area contributed by atoms with Crippen LogP contribution in [0, 0.1) is 0 Å². The summed E-state index contributed by atoms with van der Waals surface area (Å²) in [5.74, 6) is 0. The normalized spacial score (nSPS) is 26.9. The summed E-state index contributed by atoms with van der Waals surface area (Å²) < 4.78 is 1.23. The Kier molecular flexibility index (Phi) is 3.84. The summed E-state index contributed by atoms with van der Waals surface area (Å²) in [7, 11) is 0. The van der Waals surface area contributed by atoms with Gasteiger partial charge < -0.3 is 5.32 Å². The molecule has 14 heavy (non-hydrogen) atoms. The molecule has 1 N–H and O–H groups in total. The molecule has 1 aliphatic carbocycles. The van der Waals surface area contributed by atoms with Crippen LogP contribution >= 0.6 is 23.1 Å². The van der Waals surface area contributed by atoms with E-state index in [4.69, 9.17) is 0 Å². The predicted molar refractivity (Wildman–Crippen MR) is 63.1 cm³/mol. The van der Waals surface area contributed by atoms with E-state index in [0.29, 0.717) is 0 Å². The second-order valence-corrected chi connectivity index (χ2v) is 6.05. The number of thiazole rings is 1. The van der Waals surface area contributed by atoms with Crippen molar-refractivity contribution in [2.75, 3.05) is 6.54 Å². The molecule has 0 amide bonds. The van der Waals surface area contributed by atoms with Crippen molar-refractivity contribution in [3.8, 4) is 0 Å². The third-order valence-corrected chi connectivity index (χ3v) is 4.77. The molecular formula is C10H16N2S2. The van der Waals surface area contributed by atoms with Crippen molar-refractivity contribution in [3.63, 3.8) is 0 Å². The van der Waals surface area contributed by atoms with Gasteiger partial charge in [0.15, 0.2) is 0 Å². The first-order valence-corrected chi connectivity index (χ1v) is 6.94. The molecule has 1 saturated carbocycles. The van der Waals surface area contributed by atoms with Crippen molar-refractivity contribution in [1.29, 1.82) is 0 Å². The van der Waals surface area contributed by atoms with E-state index in [9.17, 15) is 0 Å². The highest BCUT2D eigenvalue weighted by Crippen LogP contribution is 2.35. The zero-order valence-electron chi connectivity index (χ0n) is 8.40. The van der Waals surface area contributed by atoms with Crippen LogP contribution in [0.5, 0.6) is 0 Å². The van der Waals surface area contributed by atoms with Gasteiger partial charge in [-0.15, -0.1) is 11.3 Å². The molecule has 2 nitrogen and oxygen atoms in total. The molecule has 0 aliphatic heterocycles. The Morgan fingerprint density at radius 1 is 1.64 bits per heavy atom. The quantitative estimate of drug-likeness (QED) is 0.858. The monoisotopic (exact) mass is 228 g/mol. The predicted octanol–water partition coefficient (Wildman–Crippen LogP) is 2.77. The summed E-state index contributed by atoms with van der Waals surface area (Å²) in [5, 5.41) is 6.36. The lowest BCUT2D eigenvalue weighted by atomic mass is 10.2. The molecule has 0 bridgehead atoms. The lowest BCUT2D eigenvalue weighted by molar-refractivity contribution is 0.543. The van der Waals surface area contributed by atoms with Crippen molar-refractivity contribution in [2.24, 2.45) is 0 Å². The first-order valence-electron chi connectivity index (χ1n) is 5.18. The van der Waals surface area contributed by atoms with Gasteiger partial charge in [0.1, 0.15) is 4.34 Å². The fourth-order valence-corrected chi connectivity index (χ4v) is 4.08. The van der Waals surface area contributed by atoms with Gasteiger partial charge in [-0.3, -0.25) is 0 Å². The van der Waals surface area contributed by atoms with E-state index in [1.807, 2.05) is 18.0 Å². The van der Waals surface area contributed by atoms with Crippen molar-refractivity contribution >= 4 is 23.1 Å². The lowest BCUT2D eigenvalue weighted by Crippen LogP contribution is -2.25. The van der Waals surface area contributed by atoms with Crippen molar-refractivity contribution in [3.05, 3.63) is 11.6 Å². The number of thioether (sulfide) groups is 1. The van der Waals surface area contributed by atoms with Crippen molar-refractivity contribution in [2.45, 2.75) is 41.8 Å². The first-order chi connectivity index (χ1) is 6.88. The van der Waals surface area contributed by atoms with Gasteiger partial charge in [0.05, 0.1) is 0 Å². The lowest BCUT2D eigenvalue weighted by Gasteiger charge is -2.10. The van der Waals surface area contributed by atoms with E-state index in [0.717, 1.165) is 17.8 Å². The largest absolute Gasteiger partial charge is 0.314 e. The van der Waals surface area contributed by atoms with Crippen LogP contribution in [0.25, 0.3) is 0 Å². The summed E-state index contributed by atoms with van der Waals surface area (Å²) in [6.45, 7) is 3.28. The third kappa shape index (κ3) is 2.72. The number of hydrogen-bond donors (Lipinski definition) is 1. The van der Waals surface area contributed by atoms with E-state index in [1.54, 1.807) is 11.3 Å². The minimum Gasteiger partial charge on any atom is -0.314 e. The maximum Gasteiger partial charge on any atom is 0.150 e. The number of aromatic nitrogens is 1. The Labute approximate surface area is 93.5 Å². The molecule has 1 aliphatic rings. The Hall–Kier alpha value is -0.0600. The van der Waals surface area contributed by atoms with E-state index in [2.05, 4.69) is 22.6 Å². The van der Waals surface area contributed by atoms with Crippen LogP contribution in [0.4, 0.5) is 0 Å². The zero-order valence-corrected chi connectivity index (χ0v) is 10.0. The highest BCUT2D eigenvalue weighted by Gasteiger charge is 2.25. The van der Waals surface area contributed by atoms with E-state index >= 15 is 0 Å². The fraction of sp³-hybridized carbons (Fsp3) is 0.700. The summed E-state index contributed by atoms with van der Waals surface area (Å²) in [5.41, 5.74) is 0. The zero-order chi connectivity index (χ0) is 9.80. The van der Waals surface area contributed by atoms with Gasteiger partial charge >= 0.3 is 0 Å². The first kappa shape index (κ1) is 10.5. The van der Waals surface area contributed by atoms with Crippen LogP contribution in [0.3, 0.4) is 0 Å². The second kappa shape index (κ2) is 5.14. The number of rotatable bonds is 4. The molecule has 2 atom stereocenters. The van der Waals surface area contributed by atoms with E-state index in [1.165, 1.54) is 23.6 Å². The van der Waals surface area contributed by atoms with Crippen LogP contribution in [0.15, 0.2) is 15.9 Å². The Morgan fingerprint density at radius 2 is 2.57 bits per heavy atom. The van der Waals surface area contributed by atoms with Crippen molar-refractivity contribution < 1.29 is 0 Å². The topological polar surface area (TPSA) is 24.9 Å². The molecule has 1 aromatic heterocycles. The average Bonchev–Trinajstić information content (AvgIpc) is 2.79. The molecule has 1 aromatic rings. The smallest absolute Gasteiger partial charge is 0.150 e. The summed E-state index contributed by atoms with van der Waals surface area (Å²) >= 11 is 3.71. The SMILES string of the molecule is CCNC1CCC(Sc2nccs2)C1.